The molecule has 2 amide bonds. The van der Waals surface area contributed by atoms with Crippen LogP contribution >= 0.6 is 0 Å². The summed E-state index contributed by atoms with van der Waals surface area (Å²) in [6.07, 6.45) is 2.56. The molecule has 4 fully saturated rings. The number of hydrogen-bond donors (Lipinski definition) is 2. The number of ketones is 2. The first-order chi connectivity index (χ1) is 23.6. The highest BCUT2D eigenvalue weighted by atomic mass is 16.7. The highest BCUT2D eigenvalue weighted by Crippen LogP contribution is 2.65. The molecule has 11 heteroatoms. The van der Waals surface area contributed by atoms with Gasteiger partial charge in [0.05, 0.1) is 24.2 Å². The Kier molecular flexibility index (Phi) is 9.96. The maximum Gasteiger partial charge on any atom is 0.478 e. The van der Waals surface area contributed by atoms with Crippen molar-refractivity contribution < 1.29 is 28.5 Å². The van der Waals surface area contributed by atoms with E-state index in [9.17, 15) is 19.2 Å². The Morgan fingerprint density at radius 3 is 2.30 bits per heavy atom. The van der Waals surface area contributed by atoms with Gasteiger partial charge in [0, 0.05) is 35.8 Å². The number of amides is 2. The van der Waals surface area contributed by atoms with Crippen molar-refractivity contribution in [2.45, 2.75) is 104 Å². The normalized spacial score (nSPS) is 27.0. The molecule has 10 nitrogen and oxygen atoms in total. The Morgan fingerprint density at radius 2 is 1.64 bits per heavy atom. The summed E-state index contributed by atoms with van der Waals surface area (Å²) in [6, 6.07) is 15.8. The second-order valence-corrected chi connectivity index (χ2v) is 16.2. The number of hydrogen-bond acceptors (Lipinski definition) is 8. The lowest BCUT2D eigenvalue weighted by Crippen LogP contribution is -2.65. The highest BCUT2D eigenvalue weighted by molar-refractivity contribution is 6.46. The molecule has 3 aliphatic carbocycles. The third-order valence-corrected chi connectivity index (χ3v) is 12.1. The van der Waals surface area contributed by atoms with E-state index >= 15 is 0 Å². The van der Waals surface area contributed by atoms with Crippen LogP contribution in [-0.4, -0.2) is 54.7 Å². The first-order valence-electron chi connectivity index (χ1n) is 18.2. The van der Waals surface area contributed by atoms with E-state index in [0.717, 1.165) is 24.0 Å². The quantitative estimate of drug-likeness (QED) is 0.178. The van der Waals surface area contributed by atoms with E-state index in [4.69, 9.17) is 9.31 Å². The number of Topliss-reactive ketones (excluding diaryl/α,β-unsaturated/α-hetero) is 2. The number of rotatable bonds is 15. The molecule has 2 heterocycles. The van der Waals surface area contributed by atoms with Gasteiger partial charge in [-0.05, 0) is 67.9 Å². The van der Waals surface area contributed by atoms with E-state index in [-0.39, 0.29) is 72.1 Å². The minimum Gasteiger partial charge on any atom is -0.404 e. The van der Waals surface area contributed by atoms with Gasteiger partial charge in [0.15, 0.2) is 11.6 Å². The second kappa shape index (κ2) is 13.8. The predicted molar refractivity (Wildman–Crippen MR) is 190 cm³/mol. The molecule has 2 aromatic rings. The van der Waals surface area contributed by atoms with E-state index < -0.39 is 30.7 Å². The van der Waals surface area contributed by atoms with E-state index in [2.05, 4.69) is 41.6 Å². The van der Waals surface area contributed by atoms with Crippen LogP contribution in [-0.2, 0) is 35.8 Å². The number of nitrogens with one attached hydrogen (secondary N) is 2. The average molecular weight is 683 g/mol. The maximum atomic E-state index is 13.8. The summed E-state index contributed by atoms with van der Waals surface area (Å²) in [5, 5.41) is 14.1. The van der Waals surface area contributed by atoms with Crippen LogP contribution < -0.4 is 10.6 Å². The first-order valence-corrected chi connectivity index (χ1v) is 18.2. The standard InChI is InChI=1S/C39H51BN4O6/c1-23(2)29(21-31(45)26-14-11-15-27(18-26)39(7)43-44-39)36(48)42-30(17-25-12-9-8-10-13-25)32(46)16-24(3)35(47)41-22-40-49-34-20-28-19-33(37(28,4)5)38(34,6)50-40/h8-15,18,23-24,28-30,33-34H,16-17,19-22H2,1-7H3,(H,41,47)(H,42,48)/t24-,28?,29+,30+,33+,34-,38+/m1/s1. The molecular weight excluding hydrogens is 631 g/mol. The van der Waals surface area contributed by atoms with Gasteiger partial charge in [0.25, 0.3) is 0 Å². The van der Waals surface area contributed by atoms with E-state index in [1.807, 2.05) is 57.2 Å². The molecular formula is C39H51BN4O6. The van der Waals surface area contributed by atoms with Gasteiger partial charge in [0.1, 0.15) is 0 Å². The van der Waals surface area contributed by atoms with Crippen LogP contribution in [0.15, 0.2) is 64.8 Å². The van der Waals surface area contributed by atoms with Gasteiger partial charge in [-0.2, -0.15) is 10.2 Å². The Balaban J connectivity index is 1.06. The number of benzene rings is 2. The molecule has 7 rings (SSSR count). The van der Waals surface area contributed by atoms with Crippen LogP contribution in [0.25, 0.3) is 0 Å². The van der Waals surface area contributed by atoms with Gasteiger partial charge in [-0.3, -0.25) is 19.2 Å². The van der Waals surface area contributed by atoms with Gasteiger partial charge < -0.3 is 19.9 Å². The highest BCUT2D eigenvalue weighted by Gasteiger charge is 2.67. The van der Waals surface area contributed by atoms with Crippen molar-refractivity contribution >= 4 is 30.5 Å². The van der Waals surface area contributed by atoms with Gasteiger partial charge in [0.2, 0.25) is 17.5 Å². The summed E-state index contributed by atoms with van der Waals surface area (Å²) in [6.45, 7) is 14.1. The third kappa shape index (κ3) is 7.22. The minimum absolute atomic E-state index is 0.00682. The number of carbonyl (C=O) groups is 4. The van der Waals surface area contributed by atoms with Crippen LogP contribution in [0.1, 0.15) is 95.6 Å². The van der Waals surface area contributed by atoms with E-state index in [1.165, 1.54) is 0 Å². The molecule has 1 unspecified atom stereocenters. The van der Waals surface area contributed by atoms with E-state index in [0.29, 0.717) is 17.4 Å². The predicted octanol–water partition coefficient (Wildman–Crippen LogP) is 5.88. The van der Waals surface area contributed by atoms with Crippen LogP contribution in [0.4, 0.5) is 0 Å². The molecule has 5 aliphatic rings. The summed E-state index contributed by atoms with van der Waals surface area (Å²) in [7, 11) is -0.530. The van der Waals surface area contributed by atoms with Crippen LogP contribution in [0.5, 0.6) is 0 Å². The average Bonchev–Trinajstić information content (AvgIpc) is 3.74. The fourth-order valence-corrected chi connectivity index (χ4v) is 8.43. The van der Waals surface area contributed by atoms with Crippen molar-refractivity contribution in [1.29, 1.82) is 0 Å². The smallest absolute Gasteiger partial charge is 0.404 e. The maximum absolute atomic E-state index is 13.8. The molecule has 7 atom stereocenters. The monoisotopic (exact) mass is 682 g/mol. The van der Waals surface area contributed by atoms with Gasteiger partial charge in [-0.15, -0.1) is 0 Å². The van der Waals surface area contributed by atoms with Crippen molar-refractivity contribution in [3.05, 3.63) is 71.3 Å². The van der Waals surface area contributed by atoms with E-state index in [1.54, 1.807) is 25.1 Å². The fourth-order valence-electron chi connectivity index (χ4n) is 8.43. The molecule has 0 radical (unpaired) electrons. The second-order valence-electron chi connectivity index (χ2n) is 16.2. The minimum atomic E-state index is -0.864. The van der Waals surface area contributed by atoms with Crippen LogP contribution in [0.3, 0.4) is 0 Å². The summed E-state index contributed by atoms with van der Waals surface area (Å²) < 4.78 is 12.7. The fraction of sp³-hybridized carbons (Fsp3) is 0.590. The molecule has 2 aliphatic heterocycles. The van der Waals surface area contributed by atoms with Crippen molar-refractivity contribution in [1.82, 2.24) is 10.6 Å². The Bertz CT molecular complexity index is 1660. The molecule has 50 heavy (non-hydrogen) atoms. The molecule has 0 spiro atoms. The lowest BCUT2D eigenvalue weighted by Gasteiger charge is -2.64. The lowest BCUT2D eigenvalue weighted by molar-refractivity contribution is -0.199. The largest absolute Gasteiger partial charge is 0.478 e. The molecule has 1 saturated heterocycles. The summed E-state index contributed by atoms with van der Waals surface area (Å²) in [5.74, 6) is -1.42. The molecule has 2 N–H and O–H groups in total. The Labute approximate surface area is 296 Å². The van der Waals surface area contributed by atoms with Crippen LogP contribution in [0, 0.1) is 35.0 Å². The molecule has 3 saturated carbocycles. The van der Waals surface area contributed by atoms with Crippen molar-refractivity contribution in [3.8, 4) is 0 Å². The zero-order valence-corrected chi connectivity index (χ0v) is 30.4. The third-order valence-electron chi connectivity index (χ3n) is 12.1. The Hall–Kier alpha value is -3.70. The number of carbonyl (C=O) groups excluding carboxylic acids is 4. The Morgan fingerprint density at radius 1 is 0.920 bits per heavy atom. The SMILES string of the molecule is CC(C)[C@H](CC(=O)c1cccc(C2(C)N=N2)c1)C(=O)N[C@@H](Cc1ccccc1)C(=O)C[C@@H](C)C(=O)NCB1O[C@@H]2CC3C[C@@H](C3(C)C)[C@]2(C)O1. The zero-order valence-electron chi connectivity index (χ0n) is 30.4. The lowest BCUT2D eigenvalue weighted by atomic mass is 9.43. The summed E-state index contributed by atoms with van der Waals surface area (Å²) in [5.41, 5.74) is 1.47. The topological polar surface area (TPSA) is 136 Å². The molecule has 266 valence electrons. The zero-order chi connectivity index (χ0) is 36.0. The summed E-state index contributed by atoms with van der Waals surface area (Å²) >= 11 is 0. The molecule has 2 bridgehead atoms. The van der Waals surface area contributed by atoms with Crippen LogP contribution in [0.2, 0.25) is 0 Å². The van der Waals surface area contributed by atoms with Crippen molar-refractivity contribution in [2.24, 2.45) is 45.2 Å². The molecule has 2 aromatic carbocycles. The van der Waals surface area contributed by atoms with Crippen molar-refractivity contribution in [2.75, 3.05) is 6.44 Å². The first kappa shape index (κ1) is 36.1. The molecule has 0 aromatic heterocycles. The van der Waals surface area contributed by atoms with Gasteiger partial charge in [-0.1, -0.05) is 83.1 Å². The van der Waals surface area contributed by atoms with Gasteiger partial charge >= 0.3 is 7.12 Å². The number of nitrogens with zero attached hydrogens (tertiary/aromatic N) is 2. The summed E-state index contributed by atoms with van der Waals surface area (Å²) in [4.78, 5) is 54.3. The van der Waals surface area contributed by atoms with Crippen molar-refractivity contribution in [3.63, 3.8) is 0 Å². The van der Waals surface area contributed by atoms with Gasteiger partial charge in [-0.25, -0.2) is 0 Å².